The summed E-state index contributed by atoms with van der Waals surface area (Å²) < 4.78 is 0. The van der Waals surface area contributed by atoms with Gasteiger partial charge in [0.2, 0.25) is 5.91 Å². The molecule has 0 saturated carbocycles. The number of nitrogens with one attached hydrogen (secondary N) is 1. The van der Waals surface area contributed by atoms with E-state index < -0.39 is 0 Å². The minimum Gasteiger partial charge on any atom is -0.378 e. The molecule has 4 nitrogen and oxygen atoms in total. The molecule has 0 aliphatic heterocycles. The molecule has 0 aliphatic rings. The molecular formula is C19H21N3OS2. The quantitative estimate of drug-likeness (QED) is 0.676. The molecule has 3 rings (SSSR count). The smallest absolute Gasteiger partial charge is 0.224 e. The van der Waals surface area contributed by atoms with E-state index in [1.54, 1.807) is 22.7 Å². The minimum atomic E-state index is 0.0285. The van der Waals surface area contributed by atoms with E-state index in [1.807, 2.05) is 56.3 Å². The van der Waals surface area contributed by atoms with Crippen molar-refractivity contribution in [3.05, 3.63) is 51.7 Å². The fourth-order valence-electron chi connectivity index (χ4n) is 2.54. The molecule has 0 unspecified atom stereocenters. The first-order chi connectivity index (χ1) is 12.0. The van der Waals surface area contributed by atoms with Gasteiger partial charge < -0.3 is 10.2 Å². The summed E-state index contributed by atoms with van der Waals surface area (Å²) in [5, 5.41) is 6.06. The summed E-state index contributed by atoms with van der Waals surface area (Å²) in [4.78, 5) is 21.3. The van der Waals surface area contributed by atoms with Crippen molar-refractivity contribution in [3.63, 3.8) is 0 Å². The molecule has 1 aromatic carbocycles. The maximum absolute atomic E-state index is 12.3. The van der Waals surface area contributed by atoms with Crippen LogP contribution in [-0.4, -0.2) is 25.0 Å². The van der Waals surface area contributed by atoms with Gasteiger partial charge in [-0.15, -0.1) is 22.7 Å². The van der Waals surface area contributed by atoms with Crippen molar-refractivity contribution in [3.8, 4) is 10.6 Å². The van der Waals surface area contributed by atoms with Gasteiger partial charge in [0.1, 0.15) is 0 Å². The van der Waals surface area contributed by atoms with Gasteiger partial charge in [0.25, 0.3) is 0 Å². The highest BCUT2D eigenvalue weighted by atomic mass is 32.1. The average molecular weight is 372 g/mol. The molecule has 2 heterocycles. The molecule has 130 valence electrons. The third-order valence-electron chi connectivity index (χ3n) is 3.81. The average Bonchev–Trinajstić information content (AvgIpc) is 3.22. The van der Waals surface area contributed by atoms with Crippen LogP contribution in [0.3, 0.4) is 0 Å². The number of hydrogen-bond donors (Lipinski definition) is 1. The summed E-state index contributed by atoms with van der Waals surface area (Å²) in [6.45, 7) is 2.01. The lowest BCUT2D eigenvalue weighted by Crippen LogP contribution is -2.13. The van der Waals surface area contributed by atoms with Crippen molar-refractivity contribution in [1.82, 2.24) is 4.98 Å². The monoisotopic (exact) mass is 371 g/mol. The summed E-state index contributed by atoms with van der Waals surface area (Å²) in [6.07, 6.45) is 1.16. The zero-order valence-electron chi connectivity index (χ0n) is 14.6. The molecule has 0 atom stereocenters. The number of amides is 1. The summed E-state index contributed by atoms with van der Waals surface area (Å²) in [5.41, 5.74) is 2.97. The summed E-state index contributed by atoms with van der Waals surface area (Å²) in [5.74, 6) is 0.0285. The van der Waals surface area contributed by atoms with E-state index in [0.29, 0.717) is 12.8 Å². The van der Waals surface area contributed by atoms with Crippen LogP contribution in [0.1, 0.15) is 16.3 Å². The topological polar surface area (TPSA) is 45.2 Å². The van der Waals surface area contributed by atoms with E-state index in [4.69, 9.17) is 0 Å². The predicted molar refractivity (Wildman–Crippen MR) is 108 cm³/mol. The zero-order chi connectivity index (χ0) is 17.8. The van der Waals surface area contributed by atoms with Crippen molar-refractivity contribution < 1.29 is 4.79 Å². The number of nitrogens with zero attached hydrogens (tertiary/aromatic N) is 2. The van der Waals surface area contributed by atoms with Crippen LogP contribution >= 0.6 is 22.7 Å². The third-order valence-corrected chi connectivity index (χ3v) is 5.71. The second-order valence-electron chi connectivity index (χ2n) is 5.97. The van der Waals surface area contributed by atoms with Crippen molar-refractivity contribution in [2.24, 2.45) is 0 Å². The maximum atomic E-state index is 12.3. The first-order valence-electron chi connectivity index (χ1n) is 8.10. The van der Waals surface area contributed by atoms with E-state index in [2.05, 4.69) is 21.7 Å². The first kappa shape index (κ1) is 17.6. The lowest BCUT2D eigenvalue weighted by Gasteiger charge is -2.13. The van der Waals surface area contributed by atoms with Crippen LogP contribution in [0.4, 0.5) is 11.4 Å². The number of thiazole rings is 1. The van der Waals surface area contributed by atoms with Crippen LogP contribution in [-0.2, 0) is 11.2 Å². The zero-order valence-corrected chi connectivity index (χ0v) is 16.2. The molecule has 0 aliphatic carbocycles. The fraction of sp³-hybridized carbons (Fsp3) is 0.263. The molecule has 0 spiro atoms. The van der Waals surface area contributed by atoms with Crippen LogP contribution in [0.2, 0.25) is 0 Å². The standard InChI is InChI=1S/C19H21N3OS2/c1-13-20-19(16-5-4-12-24-16)17(25-13)10-11-18(23)21-14-6-8-15(9-7-14)22(2)3/h4-9,12H,10-11H2,1-3H3,(H,21,23). The Labute approximate surface area is 156 Å². The number of benzene rings is 1. The Morgan fingerprint density at radius 3 is 2.60 bits per heavy atom. The molecule has 0 bridgehead atoms. The van der Waals surface area contributed by atoms with Crippen LogP contribution in [0.5, 0.6) is 0 Å². The molecular weight excluding hydrogens is 350 g/mol. The van der Waals surface area contributed by atoms with E-state index in [1.165, 1.54) is 9.75 Å². The third kappa shape index (κ3) is 4.46. The lowest BCUT2D eigenvalue weighted by atomic mass is 10.2. The largest absolute Gasteiger partial charge is 0.378 e. The van der Waals surface area contributed by atoms with Gasteiger partial charge in [-0.25, -0.2) is 4.98 Å². The highest BCUT2D eigenvalue weighted by molar-refractivity contribution is 7.15. The van der Waals surface area contributed by atoms with Crippen molar-refractivity contribution >= 4 is 40.0 Å². The number of hydrogen-bond acceptors (Lipinski definition) is 5. The highest BCUT2D eigenvalue weighted by Crippen LogP contribution is 2.32. The summed E-state index contributed by atoms with van der Waals surface area (Å²) in [7, 11) is 3.99. The number of aromatic nitrogens is 1. The Morgan fingerprint density at radius 2 is 1.96 bits per heavy atom. The van der Waals surface area contributed by atoms with E-state index >= 15 is 0 Å². The van der Waals surface area contributed by atoms with E-state index in [-0.39, 0.29) is 5.91 Å². The van der Waals surface area contributed by atoms with Crippen molar-refractivity contribution in [1.29, 1.82) is 0 Å². The number of thiophene rings is 1. The number of anilines is 2. The van der Waals surface area contributed by atoms with Gasteiger partial charge in [-0.2, -0.15) is 0 Å². The fourth-order valence-corrected chi connectivity index (χ4v) is 4.29. The highest BCUT2D eigenvalue weighted by Gasteiger charge is 2.13. The Balaban J connectivity index is 1.61. The SMILES string of the molecule is Cc1nc(-c2cccs2)c(CCC(=O)Nc2ccc(N(C)C)cc2)s1. The van der Waals surface area contributed by atoms with E-state index in [9.17, 15) is 4.79 Å². The predicted octanol–water partition coefficient (Wildman–Crippen LogP) is 4.82. The number of carbonyl (C=O) groups is 1. The molecule has 6 heteroatoms. The number of aryl methyl sites for hydroxylation is 2. The molecule has 0 radical (unpaired) electrons. The molecule has 25 heavy (non-hydrogen) atoms. The number of carbonyl (C=O) groups excluding carboxylic acids is 1. The Morgan fingerprint density at radius 1 is 1.20 bits per heavy atom. The van der Waals surface area contributed by atoms with Gasteiger partial charge in [0.15, 0.2) is 0 Å². The van der Waals surface area contributed by atoms with Gasteiger partial charge in [-0.05, 0) is 49.1 Å². The summed E-state index contributed by atoms with van der Waals surface area (Å²) in [6, 6.07) is 12.0. The van der Waals surface area contributed by atoms with Crippen LogP contribution in [0, 0.1) is 6.92 Å². The second-order valence-corrected chi connectivity index (χ2v) is 8.21. The van der Waals surface area contributed by atoms with Gasteiger partial charge in [0, 0.05) is 36.8 Å². The van der Waals surface area contributed by atoms with E-state index in [0.717, 1.165) is 22.1 Å². The van der Waals surface area contributed by atoms with Crippen molar-refractivity contribution in [2.75, 3.05) is 24.3 Å². The van der Waals surface area contributed by atoms with Gasteiger partial charge in [-0.3, -0.25) is 4.79 Å². The Bertz CT molecular complexity index is 836. The first-order valence-corrected chi connectivity index (χ1v) is 9.80. The molecule has 3 aromatic rings. The van der Waals surface area contributed by atoms with Gasteiger partial charge in [-0.1, -0.05) is 6.07 Å². The Hall–Kier alpha value is -2.18. The minimum absolute atomic E-state index is 0.0285. The molecule has 1 amide bonds. The number of rotatable bonds is 6. The molecule has 0 saturated heterocycles. The molecule has 2 aromatic heterocycles. The summed E-state index contributed by atoms with van der Waals surface area (Å²) >= 11 is 3.36. The van der Waals surface area contributed by atoms with Crippen LogP contribution in [0.15, 0.2) is 41.8 Å². The van der Waals surface area contributed by atoms with Crippen LogP contribution in [0.25, 0.3) is 10.6 Å². The second kappa shape index (κ2) is 7.80. The van der Waals surface area contributed by atoms with Crippen LogP contribution < -0.4 is 10.2 Å². The maximum Gasteiger partial charge on any atom is 0.224 e. The molecule has 0 fully saturated rings. The van der Waals surface area contributed by atoms with Gasteiger partial charge in [0.05, 0.1) is 15.6 Å². The van der Waals surface area contributed by atoms with Crippen molar-refractivity contribution in [2.45, 2.75) is 19.8 Å². The molecule has 1 N–H and O–H groups in total. The van der Waals surface area contributed by atoms with Gasteiger partial charge >= 0.3 is 0 Å². The Kier molecular flexibility index (Phi) is 5.50. The lowest BCUT2D eigenvalue weighted by molar-refractivity contribution is -0.116. The normalized spacial score (nSPS) is 10.7.